The van der Waals surface area contributed by atoms with Crippen LogP contribution in [0.1, 0.15) is 37.5 Å². The van der Waals surface area contributed by atoms with Crippen LogP contribution in [0.5, 0.6) is 5.75 Å². The molecule has 0 saturated carbocycles. The maximum atomic E-state index is 14.4. The standard InChI is InChI=1S/C26H21F2NO/c1-15-14-26(2,3)29-21-11-10-19-18-6-4-5-7-22(18)30-23(25(19)24(15)21)12-16-8-9-17(27)13-20(16)28/h4-14,29H,1-3H3/b23-12-. The normalized spacial score (nSPS) is 17.2. The van der Waals surface area contributed by atoms with Crippen LogP contribution in [0.15, 0.2) is 60.7 Å². The number of anilines is 1. The van der Waals surface area contributed by atoms with E-state index in [2.05, 4.69) is 44.3 Å². The smallest absolute Gasteiger partial charge is 0.136 e. The Bertz CT molecular complexity index is 1250. The molecule has 2 aliphatic heterocycles. The molecule has 0 unspecified atom stereocenters. The molecule has 0 fully saturated rings. The molecule has 0 aromatic heterocycles. The van der Waals surface area contributed by atoms with E-state index in [0.29, 0.717) is 11.5 Å². The second kappa shape index (κ2) is 6.56. The number of hydrogen-bond donors (Lipinski definition) is 1. The summed E-state index contributed by atoms with van der Waals surface area (Å²) in [6, 6.07) is 15.5. The van der Waals surface area contributed by atoms with Gasteiger partial charge in [0, 0.05) is 34.0 Å². The first-order chi connectivity index (χ1) is 14.3. The first kappa shape index (κ1) is 18.6. The first-order valence-corrected chi connectivity index (χ1v) is 9.92. The number of rotatable bonds is 1. The number of nitrogens with one attached hydrogen (secondary N) is 1. The van der Waals surface area contributed by atoms with Gasteiger partial charge in [0.15, 0.2) is 0 Å². The molecule has 0 radical (unpaired) electrons. The van der Waals surface area contributed by atoms with Crippen molar-refractivity contribution in [1.82, 2.24) is 0 Å². The summed E-state index contributed by atoms with van der Waals surface area (Å²) >= 11 is 0. The molecule has 0 atom stereocenters. The third kappa shape index (κ3) is 3.00. The van der Waals surface area contributed by atoms with Gasteiger partial charge in [-0.2, -0.15) is 0 Å². The Hall–Kier alpha value is -3.40. The minimum absolute atomic E-state index is 0.175. The Labute approximate surface area is 174 Å². The van der Waals surface area contributed by atoms with Gasteiger partial charge in [0.1, 0.15) is 23.1 Å². The van der Waals surface area contributed by atoms with E-state index < -0.39 is 11.6 Å². The monoisotopic (exact) mass is 401 g/mol. The molecule has 1 N–H and O–H groups in total. The van der Waals surface area contributed by atoms with Crippen LogP contribution < -0.4 is 10.1 Å². The number of halogens is 2. The molecule has 5 rings (SSSR count). The summed E-state index contributed by atoms with van der Waals surface area (Å²) in [7, 11) is 0. The highest BCUT2D eigenvalue weighted by atomic mass is 19.1. The van der Waals surface area contributed by atoms with E-state index in [4.69, 9.17) is 4.74 Å². The lowest BCUT2D eigenvalue weighted by Gasteiger charge is -2.35. The lowest BCUT2D eigenvalue weighted by atomic mass is 9.83. The van der Waals surface area contributed by atoms with Crippen molar-refractivity contribution in [2.24, 2.45) is 0 Å². The van der Waals surface area contributed by atoms with Crippen molar-refractivity contribution in [3.63, 3.8) is 0 Å². The fraction of sp³-hybridized carbons (Fsp3) is 0.154. The van der Waals surface area contributed by atoms with Crippen molar-refractivity contribution in [3.8, 4) is 16.9 Å². The maximum absolute atomic E-state index is 14.4. The van der Waals surface area contributed by atoms with E-state index in [0.717, 1.165) is 39.6 Å². The summed E-state index contributed by atoms with van der Waals surface area (Å²) < 4.78 is 34.1. The highest BCUT2D eigenvalue weighted by molar-refractivity contribution is 6.00. The van der Waals surface area contributed by atoms with Gasteiger partial charge in [0.25, 0.3) is 0 Å². The number of fused-ring (bicyclic) bond motifs is 5. The molecule has 0 aliphatic carbocycles. The second-order valence-electron chi connectivity index (χ2n) is 8.36. The van der Waals surface area contributed by atoms with Gasteiger partial charge < -0.3 is 10.1 Å². The molecule has 2 nitrogen and oxygen atoms in total. The average molecular weight is 401 g/mol. The second-order valence-corrected chi connectivity index (χ2v) is 8.36. The fourth-order valence-corrected chi connectivity index (χ4v) is 4.40. The predicted octanol–water partition coefficient (Wildman–Crippen LogP) is 7.13. The third-order valence-corrected chi connectivity index (χ3v) is 5.53. The molecule has 30 heavy (non-hydrogen) atoms. The Kier molecular flexibility index (Phi) is 4.07. The molecule has 150 valence electrons. The van der Waals surface area contributed by atoms with Gasteiger partial charge in [-0.1, -0.05) is 30.3 Å². The highest BCUT2D eigenvalue weighted by Gasteiger charge is 2.31. The van der Waals surface area contributed by atoms with Gasteiger partial charge in [-0.15, -0.1) is 0 Å². The van der Waals surface area contributed by atoms with Crippen molar-refractivity contribution in [2.45, 2.75) is 26.3 Å². The van der Waals surface area contributed by atoms with Crippen molar-refractivity contribution < 1.29 is 13.5 Å². The summed E-state index contributed by atoms with van der Waals surface area (Å²) in [6.07, 6.45) is 3.84. The number of hydrogen-bond acceptors (Lipinski definition) is 2. The zero-order valence-corrected chi connectivity index (χ0v) is 17.0. The van der Waals surface area contributed by atoms with E-state index >= 15 is 0 Å². The van der Waals surface area contributed by atoms with E-state index in [1.165, 1.54) is 12.1 Å². The van der Waals surface area contributed by atoms with Crippen molar-refractivity contribution in [3.05, 3.63) is 89.0 Å². The Morgan fingerprint density at radius 3 is 2.53 bits per heavy atom. The van der Waals surface area contributed by atoms with Crippen LogP contribution in [-0.4, -0.2) is 5.54 Å². The summed E-state index contributed by atoms with van der Waals surface area (Å²) in [5.41, 5.74) is 6.20. The number of para-hydroxylation sites is 1. The first-order valence-electron chi connectivity index (χ1n) is 9.92. The fourth-order valence-electron chi connectivity index (χ4n) is 4.40. The number of allylic oxidation sites excluding steroid dienone is 1. The van der Waals surface area contributed by atoms with Gasteiger partial charge in [-0.05, 0) is 62.2 Å². The minimum atomic E-state index is -0.622. The Balaban J connectivity index is 1.80. The van der Waals surface area contributed by atoms with Crippen LogP contribution >= 0.6 is 0 Å². The van der Waals surface area contributed by atoms with Crippen molar-refractivity contribution in [2.75, 3.05) is 5.32 Å². The van der Waals surface area contributed by atoms with Gasteiger partial charge in [-0.3, -0.25) is 0 Å². The molecule has 4 heteroatoms. The van der Waals surface area contributed by atoms with E-state index in [1.807, 2.05) is 24.3 Å². The summed E-state index contributed by atoms with van der Waals surface area (Å²) in [4.78, 5) is 0. The predicted molar refractivity (Wildman–Crippen MR) is 118 cm³/mol. The lowest BCUT2D eigenvalue weighted by molar-refractivity contribution is 0.514. The lowest BCUT2D eigenvalue weighted by Crippen LogP contribution is -2.32. The molecule has 0 saturated heterocycles. The third-order valence-electron chi connectivity index (χ3n) is 5.53. The van der Waals surface area contributed by atoms with E-state index in [-0.39, 0.29) is 11.1 Å². The Morgan fingerprint density at radius 2 is 1.73 bits per heavy atom. The molecular formula is C26H21F2NO. The van der Waals surface area contributed by atoms with Crippen LogP contribution in [0, 0.1) is 11.6 Å². The largest absolute Gasteiger partial charge is 0.456 e. The molecular weight excluding hydrogens is 380 g/mol. The van der Waals surface area contributed by atoms with Crippen LogP contribution in [-0.2, 0) is 0 Å². The highest BCUT2D eigenvalue weighted by Crippen LogP contribution is 2.49. The van der Waals surface area contributed by atoms with E-state index in [9.17, 15) is 8.78 Å². The number of benzene rings is 3. The SMILES string of the molecule is CC1=CC(C)(C)Nc2ccc3c(c21)/C(=C/c1ccc(F)cc1F)Oc1ccccc1-3. The van der Waals surface area contributed by atoms with Gasteiger partial charge in [0.05, 0.1) is 5.54 Å². The minimum Gasteiger partial charge on any atom is -0.456 e. The topological polar surface area (TPSA) is 21.3 Å². The van der Waals surface area contributed by atoms with Gasteiger partial charge in [0.2, 0.25) is 0 Å². The molecule has 2 aliphatic rings. The molecule has 0 amide bonds. The summed E-state index contributed by atoms with van der Waals surface area (Å²) in [6.45, 7) is 6.32. The van der Waals surface area contributed by atoms with Gasteiger partial charge >= 0.3 is 0 Å². The molecule has 2 heterocycles. The zero-order chi connectivity index (χ0) is 21.0. The molecule has 3 aromatic carbocycles. The molecule has 3 aromatic rings. The molecule has 0 spiro atoms. The number of ether oxygens (including phenoxy) is 1. The van der Waals surface area contributed by atoms with Gasteiger partial charge in [-0.25, -0.2) is 8.78 Å². The average Bonchev–Trinajstić information content (AvgIpc) is 2.68. The quantitative estimate of drug-likeness (QED) is 0.468. The summed E-state index contributed by atoms with van der Waals surface area (Å²) in [5.74, 6) is 0.0279. The van der Waals surface area contributed by atoms with Crippen molar-refractivity contribution in [1.29, 1.82) is 0 Å². The van der Waals surface area contributed by atoms with E-state index in [1.54, 1.807) is 6.08 Å². The maximum Gasteiger partial charge on any atom is 0.136 e. The molecule has 0 bridgehead atoms. The van der Waals surface area contributed by atoms with Crippen LogP contribution in [0.4, 0.5) is 14.5 Å². The van der Waals surface area contributed by atoms with Crippen LogP contribution in [0.2, 0.25) is 0 Å². The zero-order valence-electron chi connectivity index (χ0n) is 17.0. The summed E-state index contributed by atoms with van der Waals surface area (Å²) in [5, 5.41) is 3.56. The van der Waals surface area contributed by atoms with Crippen molar-refractivity contribution >= 4 is 23.1 Å². The van der Waals surface area contributed by atoms with Crippen LogP contribution in [0.3, 0.4) is 0 Å². The van der Waals surface area contributed by atoms with Crippen LogP contribution in [0.25, 0.3) is 28.5 Å². The Morgan fingerprint density at radius 1 is 0.933 bits per heavy atom.